The standard InChI is InChI=1S/C21H23NO3/c1-5-16-7-6-8-18(13-16)22-21(23)17-9-10-19(20(14-17)24-4)25-12-11-15(2)3/h1,6-10,13-15H,11-12H2,2-4H3,(H,22,23). The minimum absolute atomic E-state index is 0.235. The van der Waals surface area contributed by atoms with Gasteiger partial charge in [-0.3, -0.25) is 4.79 Å². The lowest BCUT2D eigenvalue weighted by molar-refractivity contribution is 0.102. The molecule has 0 fully saturated rings. The Labute approximate surface area is 149 Å². The Balaban J connectivity index is 2.10. The van der Waals surface area contributed by atoms with E-state index in [4.69, 9.17) is 15.9 Å². The average Bonchev–Trinajstić information content (AvgIpc) is 2.61. The van der Waals surface area contributed by atoms with Crippen LogP contribution in [0.2, 0.25) is 0 Å². The van der Waals surface area contributed by atoms with E-state index in [1.165, 1.54) is 0 Å². The van der Waals surface area contributed by atoms with E-state index in [1.807, 2.05) is 6.07 Å². The summed E-state index contributed by atoms with van der Waals surface area (Å²) in [5.74, 6) is 4.04. The number of nitrogens with one attached hydrogen (secondary N) is 1. The Kier molecular flexibility index (Phi) is 6.47. The molecule has 2 aromatic rings. The molecule has 0 spiro atoms. The van der Waals surface area contributed by atoms with E-state index in [-0.39, 0.29) is 5.91 Å². The van der Waals surface area contributed by atoms with E-state index in [9.17, 15) is 4.79 Å². The molecule has 2 aromatic carbocycles. The third kappa shape index (κ3) is 5.29. The zero-order valence-electron chi connectivity index (χ0n) is 14.8. The van der Waals surface area contributed by atoms with Crippen LogP contribution in [0.25, 0.3) is 0 Å². The quantitative estimate of drug-likeness (QED) is 0.764. The topological polar surface area (TPSA) is 47.6 Å². The Hall–Kier alpha value is -2.93. The smallest absolute Gasteiger partial charge is 0.255 e. The monoisotopic (exact) mass is 337 g/mol. The number of carbonyl (C=O) groups is 1. The van der Waals surface area contributed by atoms with Gasteiger partial charge >= 0.3 is 0 Å². The lowest BCUT2D eigenvalue weighted by Crippen LogP contribution is -2.12. The average molecular weight is 337 g/mol. The second-order valence-electron chi connectivity index (χ2n) is 6.08. The van der Waals surface area contributed by atoms with Gasteiger partial charge in [0.25, 0.3) is 5.91 Å². The molecule has 130 valence electrons. The first-order valence-electron chi connectivity index (χ1n) is 8.22. The first kappa shape index (κ1) is 18.4. The summed E-state index contributed by atoms with van der Waals surface area (Å²) in [4.78, 5) is 12.4. The summed E-state index contributed by atoms with van der Waals surface area (Å²) in [5, 5.41) is 2.83. The number of ether oxygens (including phenoxy) is 2. The van der Waals surface area contributed by atoms with Crippen molar-refractivity contribution in [3.63, 3.8) is 0 Å². The number of methoxy groups -OCH3 is 1. The van der Waals surface area contributed by atoms with Crippen molar-refractivity contribution in [2.75, 3.05) is 19.0 Å². The van der Waals surface area contributed by atoms with E-state index in [0.717, 1.165) is 6.42 Å². The number of rotatable bonds is 7. The maximum atomic E-state index is 12.4. The van der Waals surface area contributed by atoms with E-state index in [2.05, 4.69) is 25.1 Å². The molecule has 0 unspecified atom stereocenters. The molecule has 0 saturated heterocycles. The van der Waals surface area contributed by atoms with Gasteiger partial charge in [0, 0.05) is 16.8 Å². The first-order valence-corrected chi connectivity index (χ1v) is 8.22. The van der Waals surface area contributed by atoms with Crippen LogP contribution in [0.15, 0.2) is 42.5 Å². The van der Waals surface area contributed by atoms with Crippen molar-refractivity contribution in [3.05, 3.63) is 53.6 Å². The molecule has 25 heavy (non-hydrogen) atoms. The third-order valence-corrected chi connectivity index (χ3v) is 3.67. The summed E-state index contributed by atoms with van der Waals surface area (Å²) in [6, 6.07) is 12.3. The van der Waals surface area contributed by atoms with Crippen LogP contribution in [0.4, 0.5) is 5.69 Å². The minimum atomic E-state index is -0.235. The number of hydrogen-bond acceptors (Lipinski definition) is 3. The van der Waals surface area contributed by atoms with Gasteiger partial charge in [-0.1, -0.05) is 25.8 Å². The van der Waals surface area contributed by atoms with Gasteiger partial charge in [-0.05, 0) is 48.7 Å². The molecule has 2 rings (SSSR count). The van der Waals surface area contributed by atoms with E-state index < -0.39 is 0 Å². The molecule has 1 N–H and O–H groups in total. The third-order valence-electron chi connectivity index (χ3n) is 3.67. The second-order valence-corrected chi connectivity index (χ2v) is 6.08. The number of terminal acetylenes is 1. The Morgan fingerprint density at radius 1 is 1.20 bits per heavy atom. The van der Waals surface area contributed by atoms with Crippen LogP contribution in [-0.2, 0) is 0 Å². The van der Waals surface area contributed by atoms with Crippen molar-refractivity contribution in [2.24, 2.45) is 5.92 Å². The summed E-state index contributed by atoms with van der Waals surface area (Å²) < 4.78 is 11.1. The zero-order chi connectivity index (χ0) is 18.2. The predicted molar refractivity (Wildman–Crippen MR) is 100 cm³/mol. The van der Waals surface area contributed by atoms with Crippen LogP contribution in [0.3, 0.4) is 0 Å². The highest BCUT2D eigenvalue weighted by Crippen LogP contribution is 2.28. The van der Waals surface area contributed by atoms with Crippen molar-refractivity contribution >= 4 is 11.6 Å². The van der Waals surface area contributed by atoms with Gasteiger partial charge in [0.15, 0.2) is 11.5 Å². The molecule has 0 radical (unpaired) electrons. The highest BCUT2D eigenvalue weighted by atomic mass is 16.5. The number of hydrogen-bond donors (Lipinski definition) is 1. The van der Waals surface area contributed by atoms with Gasteiger partial charge in [-0.15, -0.1) is 6.42 Å². The number of amides is 1. The summed E-state index contributed by atoms with van der Waals surface area (Å²) in [5.41, 5.74) is 1.85. The molecular weight excluding hydrogens is 314 g/mol. The summed E-state index contributed by atoms with van der Waals surface area (Å²) in [6.45, 7) is 4.89. The van der Waals surface area contributed by atoms with Crippen molar-refractivity contribution in [1.29, 1.82) is 0 Å². The Morgan fingerprint density at radius 2 is 2.00 bits per heavy atom. The SMILES string of the molecule is C#Cc1cccc(NC(=O)c2ccc(OCCC(C)C)c(OC)c2)c1. The van der Waals surface area contributed by atoms with Gasteiger partial charge in [0.1, 0.15) is 0 Å². The normalized spacial score (nSPS) is 10.2. The van der Waals surface area contributed by atoms with E-state index in [0.29, 0.717) is 40.8 Å². The van der Waals surface area contributed by atoms with Crippen molar-refractivity contribution in [1.82, 2.24) is 0 Å². The first-order chi connectivity index (χ1) is 12.0. The van der Waals surface area contributed by atoms with Crippen molar-refractivity contribution in [2.45, 2.75) is 20.3 Å². The molecular formula is C21H23NO3. The van der Waals surface area contributed by atoms with Crippen LogP contribution in [0, 0.1) is 18.3 Å². The largest absolute Gasteiger partial charge is 0.493 e. The number of carbonyl (C=O) groups excluding carboxylic acids is 1. The Morgan fingerprint density at radius 3 is 2.68 bits per heavy atom. The van der Waals surface area contributed by atoms with Gasteiger partial charge < -0.3 is 14.8 Å². The van der Waals surface area contributed by atoms with Gasteiger partial charge in [-0.25, -0.2) is 0 Å². The molecule has 4 nitrogen and oxygen atoms in total. The summed E-state index contributed by atoms with van der Waals surface area (Å²) in [7, 11) is 1.56. The molecule has 0 heterocycles. The fourth-order valence-corrected chi connectivity index (χ4v) is 2.22. The van der Waals surface area contributed by atoms with Crippen LogP contribution < -0.4 is 14.8 Å². The van der Waals surface area contributed by atoms with Gasteiger partial charge in [-0.2, -0.15) is 0 Å². The predicted octanol–water partition coefficient (Wildman–Crippen LogP) is 4.35. The lowest BCUT2D eigenvalue weighted by Gasteiger charge is -2.13. The zero-order valence-corrected chi connectivity index (χ0v) is 14.8. The highest BCUT2D eigenvalue weighted by Gasteiger charge is 2.12. The van der Waals surface area contributed by atoms with Crippen molar-refractivity contribution in [3.8, 4) is 23.8 Å². The van der Waals surface area contributed by atoms with E-state index in [1.54, 1.807) is 43.5 Å². The molecule has 0 aliphatic rings. The molecule has 4 heteroatoms. The highest BCUT2D eigenvalue weighted by molar-refractivity contribution is 6.04. The summed E-state index contributed by atoms with van der Waals surface area (Å²) >= 11 is 0. The molecule has 0 aliphatic heterocycles. The maximum absolute atomic E-state index is 12.4. The molecule has 0 atom stereocenters. The van der Waals surface area contributed by atoms with Crippen LogP contribution in [-0.4, -0.2) is 19.6 Å². The summed E-state index contributed by atoms with van der Waals surface area (Å²) in [6.07, 6.45) is 6.34. The van der Waals surface area contributed by atoms with Gasteiger partial charge in [0.05, 0.1) is 13.7 Å². The molecule has 0 saturated carbocycles. The lowest BCUT2D eigenvalue weighted by atomic mass is 10.1. The second kappa shape index (κ2) is 8.79. The molecule has 0 bridgehead atoms. The van der Waals surface area contributed by atoms with Crippen LogP contribution in [0.5, 0.6) is 11.5 Å². The van der Waals surface area contributed by atoms with Crippen molar-refractivity contribution < 1.29 is 14.3 Å². The van der Waals surface area contributed by atoms with Crippen LogP contribution in [0.1, 0.15) is 36.2 Å². The molecule has 1 amide bonds. The fraction of sp³-hybridized carbons (Fsp3) is 0.286. The molecule has 0 aromatic heterocycles. The maximum Gasteiger partial charge on any atom is 0.255 e. The fourth-order valence-electron chi connectivity index (χ4n) is 2.22. The minimum Gasteiger partial charge on any atom is -0.493 e. The Bertz CT molecular complexity index is 775. The molecule has 0 aliphatic carbocycles. The number of benzene rings is 2. The number of anilines is 1. The van der Waals surface area contributed by atoms with E-state index >= 15 is 0 Å². The van der Waals surface area contributed by atoms with Crippen LogP contribution >= 0.6 is 0 Å². The van der Waals surface area contributed by atoms with Gasteiger partial charge in [0.2, 0.25) is 0 Å².